The molecule has 0 radical (unpaired) electrons. The van der Waals surface area contributed by atoms with E-state index in [1.807, 2.05) is 12.1 Å². The lowest BCUT2D eigenvalue weighted by Gasteiger charge is -2.28. The van der Waals surface area contributed by atoms with E-state index < -0.39 is 0 Å². The van der Waals surface area contributed by atoms with Crippen molar-refractivity contribution in [1.29, 1.82) is 0 Å². The molecule has 0 fully saturated rings. The van der Waals surface area contributed by atoms with Gasteiger partial charge in [-0.15, -0.1) is 0 Å². The normalized spacial score (nSPS) is 13.2. The van der Waals surface area contributed by atoms with Crippen LogP contribution in [0.15, 0.2) is 68.1 Å². The average Bonchev–Trinajstić information content (AvgIpc) is 2.74. The van der Waals surface area contributed by atoms with Crippen LogP contribution in [0.5, 0.6) is 11.5 Å². The van der Waals surface area contributed by atoms with E-state index in [0.29, 0.717) is 11.5 Å². The van der Waals surface area contributed by atoms with Gasteiger partial charge in [-0.3, -0.25) is 0 Å². The van der Waals surface area contributed by atoms with Gasteiger partial charge in [0.1, 0.15) is 11.5 Å². The molecule has 2 N–H and O–H groups in total. The molecule has 0 heterocycles. The fraction of sp³-hybridized carbons (Fsp3) is 0.471. The summed E-state index contributed by atoms with van der Waals surface area (Å²) in [6, 6.07) is 16.8. The lowest BCUT2D eigenvalue weighted by atomic mass is 9.80. The number of aromatic hydroxyl groups is 2. The van der Waals surface area contributed by atoms with Gasteiger partial charge in [-0.1, -0.05) is 131 Å². The molecule has 0 aliphatic heterocycles. The van der Waals surface area contributed by atoms with Crippen molar-refractivity contribution >= 4 is 23.5 Å². The summed E-state index contributed by atoms with van der Waals surface area (Å²) in [6.07, 6.45) is 0. The van der Waals surface area contributed by atoms with Gasteiger partial charge in [0.05, 0.1) is 9.79 Å². The van der Waals surface area contributed by atoms with E-state index in [1.54, 1.807) is 23.5 Å². The molecule has 0 saturated heterocycles. The predicted molar refractivity (Wildman–Crippen MR) is 166 cm³/mol. The Hall–Kier alpha value is -2.04. The molecule has 38 heavy (non-hydrogen) atoms. The van der Waals surface area contributed by atoms with E-state index in [1.165, 1.54) is 11.1 Å². The molecule has 0 spiro atoms. The Morgan fingerprint density at radius 2 is 0.763 bits per heavy atom. The van der Waals surface area contributed by atoms with E-state index >= 15 is 0 Å². The molecule has 0 aliphatic carbocycles. The third-order valence-electron chi connectivity index (χ3n) is 6.79. The first kappa shape index (κ1) is 30.5. The minimum atomic E-state index is -0.183. The quantitative estimate of drug-likeness (QED) is 0.339. The fourth-order valence-electron chi connectivity index (χ4n) is 4.24. The summed E-state index contributed by atoms with van der Waals surface area (Å²) in [5.41, 5.74) is 3.89. The van der Waals surface area contributed by atoms with Crippen LogP contribution < -0.4 is 0 Å². The van der Waals surface area contributed by atoms with Gasteiger partial charge < -0.3 is 10.2 Å². The summed E-state index contributed by atoms with van der Waals surface area (Å²) in [7, 11) is 0. The van der Waals surface area contributed by atoms with Gasteiger partial charge in [0.15, 0.2) is 0 Å². The molecule has 3 rings (SSSR count). The first-order valence-electron chi connectivity index (χ1n) is 13.4. The molecule has 0 aromatic heterocycles. The minimum absolute atomic E-state index is 0.0418. The molecule has 0 aliphatic rings. The zero-order valence-electron chi connectivity index (χ0n) is 25.3. The summed E-state index contributed by atoms with van der Waals surface area (Å²) in [5, 5.41) is 22.8. The number of hydrogen-bond donors (Lipinski definition) is 2. The van der Waals surface area contributed by atoms with Crippen LogP contribution in [-0.4, -0.2) is 10.2 Å². The molecular weight excluding hydrogens is 505 g/mol. The smallest absolute Gasteiger partial charge is 0.133 e. The highest BCUT2D eigenvalue weighted by molar-refractivity contribution is 8.02. The molecule has 2 nitrogen and oxygen atoms in total. The maximum absolute atomic E-state index is 11.4. The van der Waals surface area contributed by atoms with E-state index in [9.17, 15) is 10.2 Å². The maximum atomic E-state index is 11.4. The van der Waals surface area contributed by atoms with Crippen molar-refractivity contribution in [1.82, 2.24) is 0 Å². The van der Waals surface area contributed by atoms with Crippen molar-refractivity contribution in [3.05, 3.63) is 70.8 Å². The number of benzene rings is 3. The van der Waals surface area contributed by atoms with E-state index in [4.69, 9.17) is 0 Å². The first-order chi connectivity index (χ1) is 17.2. The van der Waals surface area contributed by atoms with Gasteiger partial charge in [-0.2, -0.15) is 0 Å². The highest BCUT2D eigenvalue weighted by Crippen LogP contribution is 2.49. The molecule has 3 aromatic carbocycles. The molecule has 4 heteroatoms. The van der Waals surface area contributed by atoms with Crippen molar-refractivity contribution in [3.63, 3.8) is 0 Å². The van der Waals surface area contributed by atoms with Crippen LogP contribution in [0.25, 0.3) is 0 Å². The van der Waals surface area contributed by atoms with Crippen molar-refractivity contribution in [2.75, 3.05) is 0 Å². The lowest BCUT2D eigenvalue weighted by molar-refractivity contribution is 0.431. The average molecular weight is 551 g/mol. The number of hydrogen-bond acceptors (Lipinski definition) is 4. The molecular formula is C34H46O2S2. The molecule has 0 bridgehead atoms. The SMILES string of the molecule is CC(C)(C)c1cc(Sc2ccccc2Sc2cc(C(C)(C)C)cc(C(C)(C)C)c2O)c(O)c(C(C)(C)C)c1. The molecule has 0 saturated carbocycles. The minimum Gasteiger partial charge on any atom is -0.506 e. The largest absolute Gasteiger partial charge is 0.506 e. The first-order valence-corrected chi connectivity index (χ1v) is 15.0. The summed E-state index contributed by atoms with van der Waals surface area (Å²) in [6.45, 7) is 26.1. The Bertz CT molecular complexity index is 1210. The van der Waals surface area contributed by atoms with Crippen molar-refractivity contribution in [3.8, 4) is 11.5 Å². The molecule has 206 valence electrons. The Balaban J connectivity index is 2.14. The van der Waals surface area contributed by atoms with Gasteiger partial charge in [-0.25, -0.2) is 0 Å². The lowest BCUT2D eigenvalue weighted by Crippen LogP contribution is -2.17. The summed E-state index contributed by atoms with van der Waals surface area (Å²) in [4.78, 5) is 3.82. The van der Waals surface area contributed by atoms with Crippen LogP contribution in [-0.2, 0) is 21.7 Å². The standard InChI is InChI=1S/C34H46O2S2/c1-31(2,3)21-17-23(33(7,8)9)29(35)27(19-21)37-25-15-13-14-16-26(25)38-28-20-22(32(4,5)6)18-24(30(28)36)34(10,11)12/h13-20,35-36H,1-12H3. The third-order valence-corrected chi connectivity index (χ3v) is 9.13. The van der Waals surface area contributed by atoms with Crippen LogP contribution in [0.3, 0.4) is 0 Å². The number of rotatable bonds is 4. The van der Waals surface area contributed by atoms with E-state index in [2.05, 4.69) is 119 Å². The monoisotopic (exact) mass is 550 g/mol. The second-order valence-electron chi connectivity index (χ2n) is 14.4. The van der Waals surface area contributed by atoms with Crippen LogP contribution in [0.1, 0.15) is 105 Å². The van der Waals surface area contributed by atoms with Crippen molar-refractivity contribution < 1.29 is 10.2 Å². The summed E-state index contributed by atoms with van der Waals surface area (Å²) in [5.74, 6) is 0.700. The highest BCUT2D eigenvalue weighted by Gasteiger charge is 2.27. The zero-order valence-corrected chi connectivity index (χ0v) is 27.0. The summed E-state index contributed by atoms with van der Waals surface area (Å²) < 4.78 is 0. The topological polar surface area (TPSA) is 40.5 Å². The van der Waals surface area contributed by atoms with Gasteiger partial charge in [0, 0.05) is 20.9 Å². The van der Waals surface area contributed by atoms with Gasteiger partial charge >= 0.3 is 0 Å². The Labute approximate surface area is 239 Å². The van der Waals surface area contributed by atoms with E-state index in [-0.39, 0.29) is 21.7 Å². The molecule has 0 amide bonds. The van der Waals surface area contributed by atoms with Crippen molar-refractivity contribution in [2.24, 2.45) is 0 Å². The van der Waals surface area contributed by atoms with Crippen molar-refractivity contribution in [2.45, 2.75) is 124 Å². The maximum Gasteiger partial charge on any atom is 0.133 e. The molecule has 3 aromatic rings. The fourth-order valence-corrected chi connectivity index (χ4v) is 6.38. The Morgan fingerprint density at radius 1 is 0.447 bits per heavy atom. The Kier molecular flexibility index (Phi) is 8.43. The second kappa shape index (κ2) is 10.5. The molecule has 0 unspecified atom stereocenters. The predicted octanol–water partition coefficient (Wildman–Crippen LogP) is 10.6. The van der Waals surface area contributed by atoms with Gasteiger partial charge in [-0.05, 0) is 57.1 Å². The van der Waals surface area contributed by atoms with Crippen LogP contribution in [0.4, 0.5) is 0 Å². The van der Waals surface area contributed by atoms with Crippen LogP contribution in [0.2, 0.25) is 0 Å². The third kappa shape index (κ3) is 6.93. The number of phenolic OH excluding ortho intramolecular Hbond substituents is 2. The van der Waals surface area contributed by atoms with Crippen LogP contribution >= 0.6 is 23.5 Å². The Morgan fingerprint density at radius 3 is 1.03 bits per heavy atom. The second-order valence-corrected chi connectivity index (χ2v) is 16.6. The number of phenols is 2. The zero-order chi connectivity index (χ0) is 28.8. The van der Waals surface area contributed by atoms with Gasteiger partial charge in [0.2, 0.25) is 0 Å². The van der Waals surface area contributed by atoms with Gasteiger partial charge in [0.25, 0.3) is 0 Å². The van der Waals surface area contributed by atoms with Crippen LogP contribution in [0, 0.1) is 0 Å². The molecule has 0 atom stereocenters. The summed E-state index contributed by atoms with van der Waals surface area (Å²) >= 11 is 3.19. The highest BCUT2D eigenvalue weighted by atomic mass is 32.2. The van der Waals surface area contributed by atoms with E-state index in [0.717, 1.165) is 30.7 Å².